The minimum Gasteiger partial charge on any atom is -0.453 e. The number of rotatable bonds is 0. The molecule has 0 aromatic heterocycles. The van der Waals surface area contributed by atoms with Gasteiger partial charge in [-0.05, 0) is 45.4 Å². The fraction of sp³-hybridized carbons (Fsp3) is 0.750. The Morgan fingerprint density at radius 2 is 1.73 bits per heavy atom. The number of carbonyl (C=O) groups excluding carboxylic acids is 3. The van der Waals surface area contributed by atoms with E-state index in [4.69, 9.17) is 9.47 Å². The monoisotopic (exact) mass is 362 g/mol. The molecule has 3 heterocycles. The zero-order valence-corrected chi connectivity index (χ0v) is 15.8. The molecule has 6 heteroatoms. The first kappa shape index (κ1) is 17.9. The molecule has 0 spiro atoms. The van der Waals surface area contributed by atoms with Gasteiger partial charge in [0, 0.05) is 11.8 Å². The summed E-state index contributed by atoms with van der Waals surface area (Å²) >= 11 is 0. The van der Waals surface area contributed by atoms with Crippen LogP contribution >= 0.6 is 0 Å². The van der Waals surface area contributed by atoms with Crippen LogP contribution in [-0.4, -0.2) is 46.1 Å². The lowest BCUT2D eigenvalue weighted by atomic mass is 9.61. The fourth-order valence-electron chi connectivity index (χ4n) is 4.92. The second-order valence-electron chi connectivity index (χ2n) is 9.13. The molecule has 0 aromatic rings. The van der Waals surface area contributed by atoms with Crippen LogP contribution in [0.15, 0.2) is 11.1 Å². The lowest BCUT2D eigenvalue weighted by molar-refractivity contribution is -0.166. The molecule has 4 aliphatic rings. The number of aliphatic hydroxyl groups is 1. The molecule has 0 amide bonds. The van der Waals surface area contributed by atoms with Crippen LogP contribution in [0, 0.1) is 11.3 Å². The molecule has 3 aliphatic heterocycles. The van der Waals surface area contributed by atoms with Crippen LogP contribution in [0.1, 0.15) is 59.8 Å². The first-order valence-electron chi connectivity index (χ1n) is 9.43. The van der Waals surface area contributed by atoms with Gasteiger partial charge in [-0.2, -0.15) is 0 Å². The summed E-state index contributed by atoms with van der Waals surface area (Å²) in [5.74, 6) is -1.42. The standard InChI is InChI=1S/C20H26O6/c1-10-9-11(21)13-14-17(24)26-19(3,8-7-18(10,14)2)12(22)5-6-20(4)16(25-20)15(13)23/h10,12,16,22H,5-9H2,1-4H3. The molecular formula is C20H26O6. The molecule has 0 radical (unpaired) electrons. The highest BCUT2D eigenvalue weighted by atomic mass is 16.6. The van der Waals surface area contributed by atoms with E-state index in [-0.39, 0.29) is 29.3 Å². The third-order valence-electron chi connectivity index (χ3n) is 7.34. The second kappa shape index (κ2) is 5.26. The number of esters is 1. The van der Waals surface area contributed by atoms with Crippen molar-refractivity contribution >= 4 is 17.5 Å². The number of aliphatic hydroxyl groups excluding tert-OH is 1. The van der Waals surface area contributed by atoms with Crippen molar-refractivity contribution in [3.8, 4) is 0 Å². The van der Waals surface area contributed by atoms with Gasteiger partial charge in [0.25, 0.3) is 0 Å². The topological polar surface area (TPSA) is 93.2 Å². The summed E-state index contributed by atoms with van der Waals surface area (Å²) in [6.45, 7) is 7.44. The average molecular weight is 362 g/mol. The van der Waals surface area contributed by atoms with Crippen LogP contribution in [0.2, 0.25) is 0 Å². The number of ether oxygens (including phenoxy) is 2. The average Bonchev–Trinajstić information content (AvgIpc) is 3.25. The number of epoxide rings is 1. The van der Waals surface area contributed by atoms with Crippen molar-refractivity contribution in [2.75, 3.05) is 0 Å². The van der Waals surface area contributed by atoms with Gasteiger partial charge in [-0.3, -0.25) is 9.59 Å². The van der Waals surface area contributed by atoms with E-state index in [1.165, 1.54) is 0 Å². The maximum atomic E-state index is 13.1. The maximum Gasteiger partial charge on any atom is 0.336 e. The van der Waals surface area contributed by atoms with E-state index < -0.39 is 40.6 Å². The van der Waals surface area contributed by atoms with Gasteiger partial charge in [-0.15, -0.1) is 0 Å². The Morgan fingerprint density at radius 3 is 2.42 bits per heavy atom. The first-order valence-corrected chi connectivity index (χ1v) is 9.43. The van der Waals surface area contributed by atoms with E-state index in [9.17, 15) is 19.5 Å². The van der Waals surface area contributed by atoms with Gasteiger partial charge in [-0.25, -0.2) is 4.79 Å². The van der Waals surface area contributed by atoms with Crippen molar-refractivity contribution in [2.45, 2.75) is 83.2 Å². The van der Waals surface area contributed by atoms with Crippen molar-refractivity contribution in [1.29, 1.82) is 0 Å². The largest absolute Gasteiger partial charge is 0.453 e. The van der Waals surface area contributed by atoms with Gasteiger partial charge in [0.05, 0.1) is 17.3 Å². The smallest absolute Gasteiger partial charge is 0.336 e. The summed E-state index contributed by atoms with van der Waals surface area (Å²) in [6.07, 6.45) is 0.572. The van der Waals surface area contributed by atoms with Gasteiger partial charge < -0.3 is 14.6 Å². The maximum absolute atomic E-state index is 13.1. The Bertz CT molecular complexity index is 753. The predicted octanol–water partition coefficient (Wildman–Crippen LogP) is 1.88. The van der Waals surface area contributed by atoms with Gasteiger partial charge in [0.2, 0.25) is 0 Å². The van der Waals surface area contributed by atoms with Crippen LogP contribution in [0.25, 0.3) is 0 Å². The van der Waals surface area contributed by atoms with Crippen LogP contribution in [0.4, 0.5) is 0 Å². The van der Waals surface area contributed by atoms with Crippen molar-refractivity contribution in [1.82, 2.24) is 0 Å². The molecule has 0 aromatic carbocycles. The molecule has 1 N–H and O–H groups in total. The Balaban J connectivity index is 1.95. The van der Waals surface area contributed by atoms with Gasteiger partial charge in [-0.1, -0.05) is 13.8 Å². The van der Waals surface area contributed by atoms with E-state index >= 15 is 0 Å². The van der Waals surface area contributed by atoms with Crippen LogP contribution in [0.3, 0.4) is 0 Å². The summed E-state index contributed by atoms with van der Waals surface area (Å²) < 4.78 is 11.4. The molecule has 2 fully saturated rings. The lowest BCUT2D eigenvalue weighted by Gasteiger charge is -2.40. The van der Waals surface area contributed by atoms with Gasteiger partial charge in [0.1, 0.15) is 17.3 Å². The van der Waals surface area contributed by atoms with Gasteiger partial charge in [0.15, 0.2) is 11.6 Å². The lowest BCUT2D eigenvalue weighted by Crippen LogP contribution is -2.43. The second-order valence-corrected chi connectivity index (χ2v) is 9.13. The fourth-order valence-corrected chi connectivity index (χ4v) is 4.92. The first-order chi connectivity index (χ1) is 12.0. The van der Waals surface area contributed by atoms with Crippen LogP contribution < -0.4 is 0 Å². The number of hydrogen-bond acceptors (Lipinski definition) is 6. The van der Waals surface area contributed by atoms with E-state index in [0.717, 1.165) is 0 Å². The van der Waals surface area contributed by atoms with E-state index in [0.29, 0.717) is 25.7 Å². The molecule has 6 unspecified atom stereocenters. The number of Topliss-reactive ketones (excluding diaryl/α,β-unsaturated/α-hetero) is 2. The number of fused-ring (bicyclic) bond motifs is 3. The minimum atomic E-state index is -1.04. The summed E-state index contributed by atoms with van der Waals surface area (Å²) in [5, 5.41) is 10.8. The molecule has 26 heavy (non-hydrogen) atoms. The normalized spacial score (nSPS) is 48.5. The third-order valence-corrected chi connectivity index (χ3v) is 7.34. The molecular weight excluding hydrogens is 336 g/mol. The molecule has 2 saturated heterocycles. The molecule has 2 bridgehead atoms. The molecule has 0 saturated carbocycles. The van der Waals surface area contributed by atoms with E-state index in [1.807, 2.05) is 20.8 Å². The summed E-state index contributed by atoms with van der Waals surface area (Å²) in [4.78, 5) is 39.0. The minimum absolute atomic E-state index is 0.0232. The summed E-state index contributed by atoms with van der Waals surface area (Å²) in [5.41, 5.74) is -2.18. The number of carbonyl (C=O) groups is 3. The van der Waals surface area contributed by atoms with E-state index in [2.05, 4.69) is 0 Å². The van der Waals surface area contributed by atoms with Crippen molar-refractivity contribution in [3.05, 3.63) is 11.1 Å². The van der Waals surface area contributed by atoms with Crippen LogP contribution in [0.5, 0.6) is 0 Å². The molecule has 142 valence electrons. The predicted molar refractivity (Wildman–Crippen MR) is 91.2 cm³/mol. The zero-order chi connectivity index (χ0) is 19.1. The van der Waals surface area contributed by atoms with Crippen LogP contribution in [-0.2, 0) is 23.9 Å². The highest BCUT2D eigenvalue weighted by Gasteiger charge is 2.62. The quantitative estimate of drug-likeness (QED) is 0.402. The SMILES string of the molecule is CC1CC(=O)C2=C3C(=O)OC(C)(CCC31C)C(O)CCC1(C)OC1C2=O. The summed E-state index contributed by atoms with van der Waals surface area (Å²) in [7, 11) is 0. The van der Waals surface area contributed by atoms with E-state index in [1.54, 1.807) is 6.92 Å². The molecule has 1 aliphatic carbocycles. The van der Waals surface area contributed by atoms with Crippen molar-refractivity contribution in [2.24, 2.45) is 11.3 Å². The van der Waals surface area contributed by atoms with Crippen molar-refractivity contribution in [3.63, 3.8) is 0 Å². The Morgan fingerprint density at radius 1 is 1.04 bits per heavy atom. The number of ketones is 2. The summed E-state index contributed by atoms with van der Waals surface area (Å²) in [6, 6.07) is 0. The Kier molecular flexibility index (Phi) is 3.61. The molecule has 6 atom stereocenters. The Labute approximate surface area is 152 Å². The zero-order valence-electron chi connectivity index (χ0n) is 15.8. The highest BCUT2D eigenvalue weighted by molar-refractivity contribution is 6.27. The third kappa shape index (κ3) is 2.28. The van der Waals surface area contributed by atoms with Crippen molar-refractivity contribution < 1.29 is 29.0 Å². The Hall–Kier alpha value is -1.53. The number of hydrogen-bond donors (Lipinski definition) is 1. The molecule has 6 nitrogen and oxygen atoms in total. The molecule has 4 rings (SSSR count). The highest BCUT2D eigenvalue weighted by Crippen LogP contribution is 2.54. The van der Waals surface area contributed by atoms with Gasteiger partial charge >= 0.3 is 5.97 Å².